The van der Waals surface area contributed by atoms with Gasteiger partial charge in [0.05, 0.1) is 11.1 Å². The Kier molecular flexibility index (Phi) is 5.17. The zero-order valence-electron chi connectivity index (χ0n) is 12.3. The van der Waals surface area contributed by atoms with Gasteiger partial charge < -0.3 is 9.64 Å². The van der Waals surface area contributed by atoms with Gasteiger partial charge in [0.1, 0.15) is 5.75 Å². The Hall–Kier alpha value is -1.20. The van der Waals surface area contributed by atoms with Crippen LogP contribution in [0.1, 0.15) is 27.2 Å². The Morgan fingerprint density at radius 2 is 2.19 bits per heavy atom. The summed E-state index contributed by atoms with van der Waals surface area (Å²) in [6.07, 6.45) is 0.421. The van der Waals surface area contributed by atoms with Crippen molar-refractivity contribution in [3.05, 3.63) is 23.2 Å². The average Bonchev–Trinajstić information content (AvgIpc) is 2.71. The molecule has 0 N–H and O–H groups in total. The summed E-state index contributed by atoms with van der Waals surface area (Å²) >= 11 is 7.42. The highest BCUT2D eigenvalue weighted by molar-refractivity contribution is 8.14. The summed E-state index contributed by atoms with van der Waals surface area (Å²) in [5, 5.41) is 0.533. The number of ether oxygens (including phenoxy) is 1. The standard InChI is InChI=1S/C15H18ClNO3S/c1-9(2)20-14-5-4-11(6-13(14)16)17-8-12(7-15(17)19)21-10(3)18/h4-6,9,12H,7-8H2,1-3H3. The summed E-state index contributed by atoms with van der Waals surface area (Å²) in [5.74, 6) is 0.624. The summed E-state index contributed by atoms with van der Waals surface area (Å²) in [7, 11) is 0. The molecule has 1 heterocycles. The fraction of sp³-hybridized carbons (Fsp3) is 0.467. The fourth-order valence-corrected chi connectivity index (χ4v) is 3.38. The molecule has 0 spiro atoms. The molecule has 0 aliphatic carbocycles. The smallest absolute Gasteiger partial charge is 0.228 e. The van der Waals surface area contributed by atoms with E-state index in [1.165, 1.54) is 18.7 Å². The Labute approximate surface area is 133 Å². The first-order chi connectivity index (χ1) is 9.86. The van der Waals surface area contributed by atoms with Crippen LogP contribution in [0.5, 0.6) is 5.75 Å². The van der Waals surface area contributed by atoms with Crippen LogP contribution in [0.4, 0.5) is 5.69 Å². The fourth-order valence-electron chi connectivity index (χ4n) is 2.25. The molecule has 1 atom stereocenters. The number of carbonyl (C=O) groups is 2. The molecule has 4 nitrogen and oxygen atoms in total. The Morgan fingerprint density at radius 1 is 1.48 bits per heavy atom. The molecule has 1 aliphatic heterocycles. The number of anilines is 1. The lowest BCUT2D eigenvalue weighted by Crippen LogP contribution is -2.24. The highest BCUT2D eigenvalue weighted by atomic mass is 35.5. The third kappa shape index (κ3) is 4.14. The van der Waals surface area contributed by atoms with Gasteiger partial charge in [0.15, 0.2) is 5.12 Å². The van der Waals surface area contributed by atoms with Crippen LogP contribution in [0.3, 0.4) is 0 Å². The van der Waals surface area contributed by atoms with E-state index in [0.717, 1.165) is 5.69 Å². The summed E-state index contributed by atoms with van der Waals surface area (Å²) in [6.45, 7) is 5.91. The van der Waals surface area contributed by atoms with E-state index in [9.17, 15) is 9.59 Å². The van der Waals surface area contributed by atoms with Gasteiger partial charge >= 0.3 is 0 Å². The first-order valence-electron chi connectivity index (χ1n) is 6.80. The maximum atomic E-state index is 12.1. The lowest BCUT2D eigenvalue weighted by Gasteiger charge is -2.18. The number of halogens is 1. The van der Waals surface area contributed by atoms with Crippen LogP contribution in [0.2, 0.25) is 5.02 Å². The van der Waals surface area contributed by atoms with Crippen molar-refractivity contribution >= 4 is 40.1 Å². The number of nitrogens with zero attached hydrogens (tertiary/aromatic N) is 1. The molecule has 0 saturated carbocycles. The maximum absolute atomic E-state index is 12.1. The van der Waals surface area contributed by atoms with Gasteiger partial charge in [0.25, 0.3) is 0 Å². The molecule has 114 valence electrons. The van der Waals surface area contributed by atoms with E-state index >= 15 is 0 Å². The minimum Gasteiger partial charge on any atom is -0.489 e. The quantitative estimate of drug-likeness (QED) is 0.849. The second-order valence-corrected chi connectivity index (χ2v) is 7.11. The van der Waals surface area contributed by atoms with E-state index in [1.807, 2.05) is 19.9 Å². The predicted molar refractivity (Wildman–Crippen MR) is 86.2 cm³/mol. The topological polar surface area (TPSA) is 46.6 Å². The van der Waals surface area contributed by atoms with E-state index in [-0.39, 0.29) is 22.4 Å². The van der Waals surface area contributed by atoms with Gasteiger partial charge in [0.2, 0.25) is 5.91 Å². The minimum absolute atomic E-state index is 0.0142. The number of amides is 1. The van der Waals surface area contributed by atoms with E-state index in [0.29, 0.717) is 23.7 Å². The summed E-state index contributed by atoms with van der Waals surface area (Å²) in [5.41, 5.74) is 0.743. The van der Waals surface area contributed by atoms with Crippen LogP contribution in [0.15, 0.2) is 18.2 Å². The highest BCUT2D eigenvalue weighted by Gasteiger charge is 2.32. The lowest BCUT2D eigenvalue weighted by molar-refractivity contribution is -0.117. The van der Waals surface area contributed by atoms with Crippen LogP contribution in [0, 0.1) is 0 Å². The third-order valence-corrected chi connectivity index (χ3v) is 4.29. The number of thioether (sulfide) groups is 1. The molecule has 1 aromatic carbocycles. The molecule has 2 rings (SSSR count). The van der Waals surface area contributed by atoms with Crippen molar-refractivity contribution < 1.29 is 14.3 Å². The molecule has 0 aromatic heterocycles. The van der Waals surface area contributed by atoms with Gasteiger partial charge in [-0.3, -0.25) is 9.59 Å². The van der Waals surface area contributed by atoms with Crippen LogP contribution >= 0.6 is 23.4 Å². The van der Waals surface area contributed by atoms with Crippen LogP contribution in [-0.4, -0.2) is 28.9 Å². The van der Waals surface area contributed by atoms with Crippen LogP contribution in [0.25, 0.3) is 0 Å². The molecule has 6 heteroatoms. The number of hydrogen-bond acceptors (Lipinski definition) is 4. The van der Waals surface area contributed by atoms with Crippen molar-refractivity contribution in [2.75, 3.05) is 11.4 Å². The number of hydrogen-bond donors (Lipinski definition) is 0. The van der Waals surface area contributed by atoms with Gasteiger partial charge in [0, 0.05) is 30.8 Å². The minimum atomic E-state index is 0.0142. The summed E-state index contributed by atoms with van der Waals surface area (Å²) in [6, 6.07) is 5.33. The molecule has 1 aromatic rings. The molecular weight excluding hydrogens is 310 g/mol. The van der Waals surface area contributed by atoms with Gasteiger partial charge in [-0.2, -0.15) is 0 Å². The second-order valence-electron chi connectivity index (χ2n) is 5.22. The van der Waals surface area contributed by atoms with Crippen LogP contribution < -0.4 is 9.64 Å². The van der Waals surface area contributed by atoms with Gasteiger partial charge in [-0.1, -0.05) is 23.4 Å². The zero-order valence-corrected chi connectivity index (χ0v) is 13.8. The number of benzene rings is 1. The lowest BCUT2D eigenvalue weighted by atomic mass is 10.2. The van der Waals surface area contributed by atoms with Crippen molar-refractivity contribution in [1.29, 1.82) is 0 Å². The third-order valence-electron chi connectivity index (χ3n) is 3.01. The average molecular weight is 328 g/mol. The molecule has 0 radical (unpaired) electrons. The Balaban J connectivity index is 2.13. The predicted octanol–water partition coefficient (Wildman–Crippen LogP) is 3.51. The first-order valence-corrected chi connectivity index (χ1v) is 8.06. The van der Waals surface area contributed by atoms with E-state index < -0.39 is 0 Å². The number of carbonyl (C=O) groups excluding carboxylic acids is 2. The Bertz CT molecular complexity index is 562. The first kappa shape index (κ1) is 16.2. The van der Waals surface area contributed by atoms with Gasteiger partial charge in [-0.15, -0.1) is 0 Å². The second kappa shape index (κ2) is 6.71. The SMILES string of the molecule is CC(=O)SC1CC(=O)N(c2ccc(OC(C)C)c(Cl)c2)C1. The highest BCUT2D eigenvalue weighted by Crippen LogP contribution is 2.34. The summed E-state index contributed by atoms with van der Waals surface area (Å²) in [4.78, 5) is 24.9. The van der Waals surface area contributed by atoms with Gasteiger partial charge in [-0.05, 0) is 32.0 Å². The Morgan fingerprint density at radius 3 is 2.76 bits per heavy atom. The van der Waals surface area contributed by atoms with Crippen molar-refractivity contribution in [3.63, 3.8) is 0 Å². The zero-order chi connectivity index (χ0) is 15.6. The molecule has 1 saturated heterocycles. The molecule has 1 aliphatic rings. The van der Waals surface area contributed by atoms with Crippen LogP contribution in [-0.2, 0) is 9.59 Å². The van der Waals surface area contributed by atoms with Crippen molar-refractivity contribution in [2.45, 2.75) is 38.5 Å². The molecule has 21 heavy (non-hydrogen) atoms. The van der Waals surface area contributed by atoms with Crippen molar-refractivity contribution in [3.8, 4) is 5.75 Å². The molecule has 0 bridgehead atoms. The molecule has 1 amide bonds. The summed E-state index contributed by atoms with van der Waals surface area (Å²) < 4.78 is 5.58. The maximum Gasteiger partial charge on any atom is 0.228 e. The van der Waals surface area contributed by atoms with Crippen molar-refractivity contribution in [2.24, 2.45) is 0 Å². The van der Waals surface area contributed by atoms with E-state index in [1.54, 1.807) is 17.0 Å². The normalized spacial score (nSPS) is 18.4. The number of rotatable bonds is 4. The molecule has 1 unspecified atom stereocenters. The van der Waals surface area contributed by atoms with Crippen molar-refractivity contribution in [1.82, 2.24) is 0 Å². The largest absolute Gasteiger partial charge is 0.489 e. The molecular formula is C15H18ClNO3S. The monoisotopic (exact) mass is 327 g/mol. The molecule has 1 fully saturated rings. The van der Waals surface area contributed by atoms with E-state index in [2.05, 4.69) is 0 Å². The van der Waals surface area contributed by atoms with E-state index in [4.69, 9.17) is 16.3 Å². The van der Waals surface area contributed by atoms with Gasteiger partial charge in [-0.25, -0.2) is 0 Å².